The summed E-state index contributed by atoms with van der Waals surface area (Å²) in [5.41, 5.74) is 0.0380. The lowest BCUT2D eigenvalue weighted by Crippen LogP contribution is -2.68. The van der Waals surface area contributed by atoms with Crippen LogP contribution in [0.4, 0.5) is 0 Å². The van der Waals surface area contributed by atoms with Crippen molar-refractivity contribution in [3.05, 3.63) is 0 Å². The number of fused-ring (bicyclic) bond motifs is 2. The van der Waals surface area contributed by atoms with Gasteiger partial charge in [-0.25, -0.2) is 0 Å². The minimum Gasteiger partial charge on any atom is -0.392 e. The van der Waals surface area contributed by atoms with Crippen LogP contribution in [0.1, 0.15) is 60.3 Å². The van der Waals surface area contributed by atoms with E-state index in [1.807, 2.05) is 0 Å². The Labute approximate surface area is 117 Å². The molecule has 4 aliphatic rings. The van der Waals surface area contributed by atoms with Gasteiger partial charge in [-0.05, 0) is 55.3 Å². The molecule has 19 heavy (non-hydrogen) atoms. The van der Waals surface area contributed by atoms with Crippen LogP contribution in [0, 0.1) is 34.0 Å². The molecule has 1 spiro atoms. The van der Waals surface area contributed by atoms with Gasteiger partial charge in [-0.2, -0.15) is 0 Å². The minimum atomic E-state index is -0.318. The zero-order chi connectivity index (χ0) is 14.2. The molecule has 1 N–H and O–H groups in total. The van der Waals surface area contributed by atoms with Gasteiger partial charge in [0.1, 0.15) is 5.78 Å². The van der Waals surface area contributed by atoms with E-state index in [0.29, 0.717) is 11.8 Å². The SMILES string of the molecule is CC(=O)[C@@H]1C[C@@]23CC(O)[C@]1(C)C(C)(C)[C@@H]2CC[C@H]3C. The smallest absolute Gasteiger partial charge is 0.133 e. The number of rotatable bonds is 1. The highest BCUT2D eigenvalue weighted by Gasteiger charge is 2.72. The van der Waals surface area contributed by atoms with Crippen LogP contribution in [-0.4, -0.2) is 17.0 Å². The molecule has 0 aromatic heterocycles. The van der Waals surface area contributed by atoms with E-state index in [-0.39, 0.29) is 34.1 Å². The maximum atomic E-state index is 12.2. The van der Waals surface area contributed by atoms with Gasteiger partial charge in [-0.1, -0.05) is 27.7 Å². The van der Waals surface area contributed by atoms with E-state index >= 15 is 0 Å². The predicted molar refractivity (Wildman–Crippen MR) is 75.6 cm³/mol. The highest BCUT2D eigenvalue weighted by atomic mass is 16.3. The van der Waals surface area contributed by atoms with Gasteiger partial charge in [0, 0.05) is 11.3 Å². The molecule has 1 unspecified atom stereocenters. The normalized spacial score (nSPS) is 55.1. The Hall–Kier alpha value is -0.370. The molecule has 0 amide bonds. The van der Waals surface area contributed by atoms with Crippen LogP contribution in [0.15, 0.2) is 0 Å². The first-order chi connectivity index (χ1) is 8.68. The summed E-state index contributed by atoms with van der Waals surface area (Å²) in [5.74, 6) is 1.66. The lowest BCUT2D eigenvalue weighted by molar-refractivity contribution is -0.249. The molecular weight excluding hydrogens is 236 g/mol. The van der Waals surface area contributed by atoms with Crippen LogP contribution in [0.3, 0.4) is 0 Å². The molecule has 0 saturated heterocycles. The minimum absolute atomic E-state index is 0.0445. The molecule has 0 radical (unpaired) electrons. The molecule has 2 bridgehead atoms. The maximum Gasteiger partial charge on any atom is 0.133 e. The lowest BCUT2D eigenvalue weighted by atomic mass is 9.35. The molecule has 6 atom stereocenters. The fourth-order valence-corrected chi connectivity index (χ4v) is 6.40. The van der Waals surface area contributed by atoms with E-state index in [1.54, 1.807) is 6.92 Å². The summed E-state index contributed by atoms with van der Waals surface area (Å²) in [4.78, 5) is 12.2. The lowest BCUT2D eigenvalue weighted by Gasteiger charge is -2.69. The summed E-state index contributed by atoms with van der Waals surface area (Å²) in [6.07, 6.45) is 4.16. The van der Waals surface area contributed by atoms with Crippen LogP contribution in [0.25, 0.3) is 0 Å². The van der Waals surface area contributed by atoms with Crippen LogP contribution in [0.5, 0.6) is 0 Å². The Morgan fingerprint density at radius 3 is 2.37 bits per heavy atom. The van der Waals surface area contributed by atoms with Crippen molar-refractivity contribution in [2.75, 3.05) is 0 Å². The number of carbonyl (C=O) groups excluding carboxylic acids is 1. The number of hydrogen-bond donors (Lipinski definition) is 1. The van der Waals surface area contributed by atoms with Crippen molar-refractivity contribution in [2.24, 2.45) is 34.0 Å². The van der Waals surface area contributed by atoms with Gasteiger partial charge >= 0.3 is 0 Å². The number of carbonyl (C=O) groups is 1. The monoisotopic (exact) mass is 264 g/mol. The maximum absolute atomic E-state index is 12.2. The largest absolute Gasteiger partial charge is 0.392 e. The van der Waals surface area contributed by atoms with Crippen LogP contribution < -0.4 is 0 Å². The Bertz CT molecular complexity index is 427. The summed E-state index contributed by atoms with van der Waals surface area (Å²) >= 11 is 0. The second-order valence-electron chi connectivity index (χ2n) is 8.36. The standard InChI is InChI=1S/C17H28O2/c1-10-6-7-13-15(3,4)16(5)12(11(2)18)8-17(10,13)9-14(16)19/h10,12-14,19H,6-9H2,1-5H3/t10-,12+,13+,14?,16-,17+/m1/s1. The van der Waals surface area contributed by atoms with Crippen LogP contribution in [0.2, 0.25) is 0 Å². The molecule has 2 nitrogen and oxygen atoms in total. The number of aliphatic hydroxyl groups excluding tert-OH is 1. The highest BCUT2D eigenvalue weighted by molar-refractivity contribution is 5.80. The first-order valence-corrected chi connectivity index (χ1v) is 7.86. The number of hydrogen-bond acceptors (Lipinski definition) is 2. The van der Waals surface area contributed by atoms with Gasteiger partial charge in [0.15, 0.2) is 0 Å². The summed E-state index contributed by atoms with van der Waals surface area (Å²) in [6, 6.07) is 0. The Morgan fingerprint density at radius 1 is 1.16 bits per heavy atom. The highest BCUT2D eigenvalue weighted by Crippen LogP contribution is 2.75. The molecular formula is C17H28O2. The fraction of sp³-hybridized carbons (Fsp3) is 0.941. The average molecular weight is 264 g/mol. The van der Waals surface area contributed by atoms with Crippen molar-refractivity contribution in [2.45, 2.75) is 66.4 Å². The van der Waals surface area contributed by atoms with Gasteiger partial charge in [0.2, 0.25) is 0 Å². The van der Waals surface area contributed by atoms with Gasteiger partial charge in [0.05, 0.1) is 6.10 Å². The summed E-state index contributed by atoms with van der Waals surface area (Å²) in [7, 11) is 0. The summed E-state index contributed by atoms with van der Waals surface area (Å²) in [5, 5.41) is 10.8. The zero-order valence-corrected chi connectivity index (χ0v) is 13.0. The first kappa shape index (κ1) is 13.6. The van der Waals surface area contributed by atoms with E-state index in [4.69, 9.17) is 0 Å². The number of Topliss-reactive ketones (excluding diaryl/α,β-unsaturated/α-hetero) is 1. The van der Waals surface area contributed by atoms with E-state index < -0.39 is 0 Å². The van der Waals surface area contributed by atoms with Crippen LogP contribution >= 0.6 is 0 Å². The van der Waals surface area contributed by atoms with E-state index in [2.05, 4.69) is 27.7 Å². The number of aliphatic hydroxyl groups is 1. The van der Waals surface area contributed by atoms with Gasteiger partial charge in [-0.15, -0.1) is 0 Å². The van der Waals surface area contributed by atoms with Crippen molar-refractivity contribution < 1.29 is 9.90 Å². The van der Waals surface area contributed by atoms with Gasteiger partial charge in [-0.3, -0.25) is 4.79 Å². The molecule has 4 rings (SSSR count). The fourth-order valence-electron chi connectivity index (χ4n) is 6.40. The van der Waals surface area contributed by atoms with Gasteiger partial charge in [0.25, 0.3) is 0 Å². The second kappa shape index (κ2) is 3.63. The van der Waals surface area contributed by atoms with Crippen molar-refractivity contribution in [3.8, 4) is 0 Å². The second-order valence-corrected chi connectivity index (χ2v) is 8.36. The Kier molecular flexibility index (Phi) is 2.60. The zero-order valence-electron chi connectivity index (χ0n) is 13.0. The Morgan fingerprint density at radius 2 is 1.79 bits per heavy atom. The first-order valence-electron chi connectivity index (χ1n) is 7.86. The van der Waals surface area contributed by atoms with Crippen molar-refractivity contribution >= 4 is 5.78 Å². The molecule has 4 saturated carbocycles. The van der Waals surface area contributed by atoms with E-state index in [1.165, 1.54) is 12.8 Å². The molecule has 0 aromatic carbocycles. The van der Waals surface area contributed by atoms with E-state index in [0.717, 1.165) is 12.8 Å². The van der Waals surface area contributed by atoms with Crippen LogP contribution in [-0.2, 0) is 4.79 Å². The third kappa shape index (κ3) is 1.30. The Balaban J connectivity index is 2.18. The molecule has 0 aromatic rings. The summed E-state index contributed by atoms with van der Waals surface area (Å²) in [6.45, 7) is 10.9. The third-order valence-corrected chi connectivity index (χ3v) is 7.89. The molecule has 2 heteroatoms. The van der Waals surface area contributed by atoms with Crippen molar-refractivity contribution in [1.29, 1.82) is 0 Å². The van der Waals surface area contributed by atoms with Crippen molar-refractivity contribution in [3.63, 3.8) is 0 Å². The quantitative estimate of drug-likeness (QED) is 0.788. The van der Waals surface area contributed by atoms with E-state index in [9.17, 15) is 9.90 Å². The molecule has 4 aliphatic carbocycles. The summed E-state index contributed by atoms with van der Waals surface area (Å²) < 4.78 is 0. The molecule has 0 heterocycles. The van der Waals surface area contributed by atoms with Gasteiger partial charge < -0.3 is 5.11 Å². The molecule has 4 fully saturated rings. The number of ketones is 1. The topological polar surface area (TPSA) is 37.3 Å². The molecule has 108 valence electrons. The molecule has 0 aliphatic heterocycles. The predicted octanol–water partition coefficient (Wildman–Crippen LogP) is 3.42. The third-order valence-electron chi connectivity index (χ3n) is 7.89. The average Bonchev–Trinajstić information content (AvgIpc) is 2.61. The van der Waals surface area contributed by atoms with Crippen molar-refractivity contribution in [1.82, 2.24) is 0 Å².